The van der Waals surface area contributed by atoms with Gasteiger partial charge in [0, 0.05) is 71.1 Å². The van der Waals surface area contributed by atoms with E-state index in [2.05, 4.69) is 5.32 Å². The van der Waals surface area contributed by atoms with Gasteiger partial charge in [0.15, 0.2) is 18.0 Å². The van der Waals surface area contributed by atoms with Crippen LogP contribution < -0.4 is 11.1 Å². The molecule has 2 bridgehead atoms. The van der Waals surface area contributed by atoms with E-state index in [1.165, 1.54) is 20.1 Å². The lowest BCUT2D eigenvalue weighted by molar-refractivity contribution is -0.265. The van der Waals surface area contributed by atoms with Crippen LogP contribution in [0.4, 0.5) is 4.79 Å². The molecular weight excluding hydrogens is 1040 g/mol. The van der Waals surface area contributed by atoms with E-state index in [4.69, 9.17) is 48.4 Å². The average molecular weight is 1130 g/mol. The SMILES string of the molecule is COCCOCCOCCOCCNC(=O)O[C@@H]1/C(C)=C/[C@@H](C)C(=O)C[C@@H]([C@H](N)C[C@@H]2CC[C@@H](O)[C@H](OC)C2)OC(=O)[C@@H]2CCCCN2C(=O)C(=O)[C@]2(O)O[C@@H](CC[C@H]2C)C[C@H](OC)/C(C)=C/C=C/C=C/[C@@H](C)CC(C)C(=O)[C@@H]1O. The van der Waals surface area contributed by atoms with Gasteiger partial charge in [0.2, 0.25) is 5.79 Å². The van der Waals surface area contributed by atoms with Gasteiger partial charge in [0.25, 0.3) is 11.7 Å². The van der Waals surface area contributed by atoms with Gasteiger partial charge in [-0.25, -0.2) is 9.59 Å². The number of aliphatic hydroxyl groups is 3. The van der Waals surface area contributed by atoms with Crippen LogP contribution in [0.25, 0.3) is 0 Å². The standard InChI is InChI=1S/C59H95N3O18/c1-37-15-11-10-12-16-38(2)49(73-8)35-44-20-18-42(6)59(71,80-44)55(67)56(68)62-23-14-13-17-46(62)57(69)78-50(45(60)33-43-19-21-47(63)51(34-43)74-9)36-48(64)39(3)32-41(5)54(53(66)52(65)40(4)31-37)79-58(70)61-22-24-75-27-28-77-30-29-76-26-25-72-7/h10-12,15-16,32,37,39-40,42-47,49-51,53-54,63,66,71H,13-14,17-31,33-36,60H2,1-9H3,(H,61,70)/b12-10+,15-11+,38-16+,41-32+/t37-,39-,40?,42-,43+,44+,45-,46+,47-,49+,50+,51-,53+,54-,59-/m1/s1. The highest BCUT2D eigenvalue weighted by Crippen LogP contribution is 2.37. The van der Waals surface area contributed by atoms with Crippen LogP contribution >= 0.6 is 0 Å². The van der Waals surface area contributed by atoms with E-state index in [1.807, 2.05) is 44.2 Å². The number of nitrogens with one attached hydrogen (secondary N) is 1. The number of carbonyl (C=O) groups excluding carboxylic acids is 6. The molecule has 1 unspecified atom stereocenters. The Labute approximate surface area is 473 Å². The molecule has 0 radical (unpaired) electrons. The third-order valence-electron chi connectivity index (χ3n) is 15.9. The molecule has 21 nitrogen and oxygen atoms in total. The molecule has 80 heavy (non-hydrogen) atoms. The second kappa shape index (κ2) is 35.0. The number of hydrogen-bond donors (Lipinski definition) is 5. The van der Waals surface area contributed by atoms with E-state index in [-0.39, 0.29) is 63.0 Å². The summed E-state index contributed by atoms with van der Waals surface area (Å²) in [5.41, 5.74) is 7.94. The molecule has 2 saturated heterocycles. The average Bonchev–Trinajstić information content (AvgIpc) is 3.43. The quantitative estimate of drug-likeness (QED) is 0.0540. The minimum Gasteiger partial charge on any atom is -0.459 e. The Balaban J connectivity index is 1.66. The van der Waals surface area contributed by atoms with Crippen molar-refractivity contribution in [3.05, 3.63) is 47.6 Å². The largest absolute Gasteiger partial charge is 0.459 e. The van der Waals surface area contributed by atoms with Crippen LogP contribution in [0.15, 0.2) is 47.6 Å². The Hall–Kier alpha value is -4.26. The molecular formula is C59H95N3O18. The molecule has 454 valence electrons. The van der Waals surface area contributed by atoms with Crippen LogP contribution in [-0.4, -0.2) is 197 Å². The Bertz CT molecular complexity index is 2100. The summed E-state index contributed by atoms with van der Waals surface area (Å²) in [5, 5.41) is 36.9. The van der Waals surface area contributed by atoms with Crippen molar-refractivity contribution in [1.82, 2.24) is 10.2 Å². The topological polar surface area (TPSA) is 287 Å². The second-order valence-electron chi connectivity index (χ2n) is 22.2. The van der Waals surface area contributed by atoms with Gasteiger partial charge < -0.3 is 73.9 Å². The van der Waals surface area contributed by atoms with Gasteiger partial charge in [-0.3, -0.25) is 19.2 Å². The Morgan fingerprint density at radius 1 is 0.825 bits per heavy atom. The van der Waals surface area contributed by atoms with Crippen molar-refractivity contribution in [2.45, 2.75) is 179 Å². The molecule has 3 heterocycles. The summed E-state index contributed by atoms with van der Waals surface area (Å²) >= 11 is 0. The molecule has 4 aliphatic rings. The maximum Gasteiger partial charge on any atom is 0.407 e. The van der Waals surface area contributed by atoms with Crippen molar-refractivity contribution in [3.8, 4) is 0 Å². The number of rotatable bonds is 18. The van der Waals surface area contributed by atoms with Crippen molar-refractivity contribution in [2.75, 3.05) is 80.7 Å². The summed E-state index contributed by atoms with van der Waals surface area (Å²) in [6, 6.07) is -2.18. The van der Waals surface area contributed by atoms with Gasteiger partial charge in [-0.1, -0.05) is 64.2 Å². The van der Waals surface area contributed by atoms with E-state index in [0.29, 0.717) is 84.4 Å². The molecule has 0 spiro atoms. The highest BCUT2D eigenvalue weighted by Gasteiger charge is 2.53. The molecule has 1 aliphatic carbocycles. The number of alkyl carbamates (subject to hydrolysis) is 1. The second-order valence-corrected chi connectivity index (χ2v) is 22.2. The molecule has 4 rings (SSSR count). The lowest BCUT2D eigenvalue weighted by atomic mass is 9.80. The van der Waals surface area contributed by atoms with Crippen molar-refractivity contribution < 1.29 is 86.7 Å². The van der Waals surface area contributed by atoms with E-state index in [9.17, 15) is 44.1 Å². The van der Waals surface area contributed by atoms with Crippen LogP contribution in [0.2, 0.25) is 0 Å². The van der Waals surface area contributed by atoms with Crippen LogP contribution in [0.3, 0.4) is 0 Å². The molecule has 0 aromatic carbocycles. The monoisotopic (exact) mass is 1130 g/mol. The van der Waals surface area contributed by atoms with Gasteiger partial charge >= 0.3 is 12.1 Å². The molecule has 3 fully saturated rings. The zero-order chi connectivity index (χ0) is 58.9. The van der Waals surface area contributed by atoms with Gasteiger partial charge in [-0.05, 0) is 101 Å². The number of Topliss-reactive ketones (excluding diaryl/α,β-unsaturated/α-hetero) is 3. The predicted octanol–water partition coefficient (Wildman–Crippen LogP) is 4.65. The number of carbonyl (C=O) groups is 6. The van der Waals surface area contributed by atoms with Crippen molar-refractivity contribution in [3.63, 3.8) is 0 Å². The van der Waals surface area contributed by atoms with Crippen LogP contribution in [0.5, 0.6) is 0 Å². The molecule has 0 aromatic heterocycles. The Kier molecular flexibility index (Phi) is 29.9. The molecule has 21 heteroatoms. The first kappa shape index (κ1) is 68.2. The third-order valence-corrected chi connectivity index (χ3v) is 15.9. The number of ketones is 3. The smallest absolute Gasteiger partial charge is 0.407 e. The van der Waals surface area contributed by atoms with Crippen LogP contribution in [0.1, 0.15) is 119 Å². The van der Waals surface area contributed by atoms with Crippen molar-refractivity contribution in [1.29, 1.82) is 0 Å². The van der Waals surface area contributed by atoms with Gasteiger partial charge in [0.1, 0.15) is 17.9 Å². The van der Waals surface area contributed by atoms with Gasteiger partial charge in [-0.2, -0.15) is 0 Å². The summed E-state index contributed by atoms with van der Waals surface area (Å²) in [6.45, 7) is 12.7. The number of methoxy groups -OCH3 is 3. The highest BCUT2D eigenvalue weighted by atomic mass is 16.6. The Morgan fingerprint density at radius 3 is 2.19 bits per heavy atom. The van der Waals surface area contributed by atoms with Crippen molar-refractivity contribution >= 4 is 35.3 Å². The summed E-state index contributed by atoms with van der Waals surface area (Å²) in [5.74, 6) is -9.31. The number of piperidine rings is 1. The number of ether oxygens (including phenoxy) is 9. The minimum absolute atomic E-state index is 0.0137. The Morgan fingerprint density at radius 2 is 1.51 bits per heavy atom. The minimum atomic E-state index is -2.49. The maximum atomic E-state index is 14.5. The summed E-state index contributed by atoms with van der Waals surface area (Å²) in [7, 11) is 4.66. The van der Waals surface area contributed by atoms with Crippen molar-refractivity contribution in [2.24, 2.45) is 35.3 Å². The number of amides is 2. The zero-order valence-corrected chi connectivity index (χ0v) is 48.9. The number of allylic oxidation sites excluding steroid dienone is 6. The lowest BCUT2D eigenvalue weighted by Crippen LogP contribution is -2.61. The number of esters is 1. The summed E-state index contributed by atoms with van der Waals surface area (Å²) in [6.07, 6.45) is 6.93. The van der Waals surface area contributed by atoms with E-state index in [0.717, 1.165) is 10.5 Å². The number of aliphatic hydroxyl groups excluding tert-OH is 2. The fraction of sp³-hybridized carbons (Fsp3) is 0.763. The first-order chi connectivity index (χ1) is 38.1. The fourth-order valence-electron chi connectivity index (χ4n) is 10.9. The highest BCUT2D eigenvalue weighted by molar-refractivity contribution is 6.39. The number of fused-ring (bicyclic) bond motifs is 3. The maximum absolute atomic E-state index is 14.5. The summed E-state index contributed by atoms with van der Waals surface area (Å²) < 4.78 is 50.9. The predicted molar refractivity (Wildman–Crippen MR) is 296 cm³/mol. The molecule has 2 amide bonds. The summed E-state index contributed by atoms with van der Waals surface area (Å²) in [4.78, 5) is 86.2. The number of hydrogen-bond acceptors (Lipinski definition) is 19. The molecule has 1 saturated carbocycles. The van der Waals surface area contributed by atoms with E-state index < -0.39 is 120 Å². The normalized spacial score (nSPS) is 34.9. The number of cyclic esters (lactones) is 1. The number of nitrogens with two attached hydrogens (primary N) is 1. The fourth-order valence-corrected chi connectivity index (χ4v) is 10.9. The van der Waals surface area contributed by atoms with Gasteiger partial charge in [-0.15, -0.1) is 0 Å². The molecule has 6 N–H and O–H groups in total. The zero-order valence-electron chi connectivity index (χ0n) is 48.9. The van der Waals surface area contributed by atoms with Crippen LogP contribution in [0, 0.1) is 29.6 Å². The first-order valence-corrected chi connectivity index (χ1v) is 28.7. The molecule has 0 aromatic rings. The number of nitrogens with zero attached hydrogens (tertiary/aromatic N) is 1. The van der Waals surface area contributed by atoms with E-state index >= 15 is 0 Å². The first-order valence-electron chi connectivity index (χ1n) is 28.7. The molecule has 3 aliphatic heterocycles. The lowest BCUT2D eigenvalue weighted by Gasteiger charge is -2.42. The van der Waals surface area contributed by atoms with Crippen LogP contribution in [-0.2, 0) is 66.6 Å². The third kappa shape index (κ3) is 21.2. The van der Waals surface area contributed by atoms with Gasteiger partial charge in [0.05, 0.1) is 70.7 Å². The molecule has 15 atom stereocenters. The van der Waals surface area contributed by atoms with E-state index in [1.54, 1.807) is 35.0 Å².